The fourth-order valence-corrected chi connectivity index (χ4v) is 5.33. The molecule has 0 unspecified atom stereocenters. The minimum Gasteiger partial charge on any atom is -0.481 e. The number of benzene rings is 3. The molecule has 4 aromatic rings. The van der Waals surface area contributed by atoms with Crippen molar-refractivity contribution in [2.75, 3.05) is 6.61 Å². The fourth-order valence-electron chi connectivity index (χ4n) is 5.33. The van der Waals surface area contributed by atoms with Crippen LogP contribution in [0.2, 0.25) is 0 Å². The summed E-state index contributed by atoms with van der Waals surface area (Å²) in [6.07, 6.45) is 0.483. The van der Waals surface area contributed by atoms with Crippen LogP contribution in [0.4, 0.5) is 0 Å². The van der Waals surface area contributed by atoms with E-state index in [2.05, 4.69) is 36.4 Å². The number of hydrogen-bond acceptors (Lipinski definition) is 6. The summed E-state index contributed by atoms with van der Waals surface area (Å²) in [5.74, 6) is -0.315. The average Bonchev–Trinajstić information content (AvgIpc) is 3.57. The summed E-state index contributed by atoms with van der Waals surface area (Å²) in [6, 6.07) is 32.2. The quantitative estimate of drug-likeness (QED) is 0.160. The van der Waals surface area contributed by atoms with Crippen molar-refractivity contribution < 1.29 is 23.8 Å². The minimum absolute atomic E-state index is 0.0586. The topological polar surface area (TPSA) is 84.5 Å². The van der Waals surface area contributed by atoms with E-state index in [1.165, 1.54) is 5.56 Å². The molecule has 2 atom stereocenters. The van der Waals surface area contributed by atoms with Crippen LogP contribution in [0.3, 0.4) is 0 Å². The van der Waals surface area contributed by atoms with Gasteiger partial charge in [0.2, 0.25) is 5.90 Å². The molecule has 2 heterocycles. The summed E-state index contributed by atoms with van der Waals surface area (Å²) < 4.78 is 18.9. The molecular weight excluding hydrogens is 540 g/mol. The van der Waals surface area contributed by atoms with E-state index < -0.39 is 23.2 Å². The normalized spacial score (nSPS) is 17.6. The lowest BCUT2D eigenvalue weighted by atomic mass is 10.0. The lowest BCUT2D eigenvalue weighted by Crippen LogP contribution is -2.43. The first-order valence-corrected chi connectivity index (χ1v) is 14.7. The number of furan rings is 1. The first-order valence-electron chi connectivity index (χ1n) is 14.7. The molecule has 7 heteroatoms. The van der Waals surface area contributed by atoms with Crippen molar-refractivity contribution in [3.05, 3.63) is 108 Å². The summed E-state index contributed by atoms with van der Waals surface area (Å²) in [5, 5.41) is 16.9. The van der Waals surface area contributed by atoms with Gasteiger partial charge in [0.25, 0.3) is 0 Å². The molecule has 7 nitrogen and oxygen atoms in total. The van der Waals surface area contributed by atoms with Crippen LogP contribution < -0.4 is 0 Å². The van der Waals surface area contributed by atoms with Crippen molar-refractivity contribution >= 4 is 11.9 Å². The predicted octanol–water partition coefficient (Wildman–Crippen LogP) is 7.98. The van der Waals surface area contributed by atoms with E-state index in [4.69, 9.17) is 19.0 Å². The van der Waals surface area contributed by atoms with Crippen molar-refractivity contribution in [2.45, 2.75) is 70.7 Å². The Hall–Kier alpha value is -4.36. The van der Waals surface area contributed by atoms with Crippen LogP contribution in [-0.2, 0) is 20.7 Å². The summed E-state index contributed by atoms with van der Waals surface area (Å²) in [5.41, 5.74) is 2.96. The van der Waals surface area contributed by atoms with Gasteiger partial charge < -0.3 is 19.0 Å². The molecule has 0 spiro atoms. The van der Waals surface area contributed by atoms with E-state index in [0.29, 0.717) is 18.1 Å². The number of carboxylic acid groups (broad SMARTS) is 1. The van der Waals surface area contributed by atoms with Gasteiger partial charge in [-0.05, 0) is 69.9 Å². The van der Waals surface area contributed by atoms with Crippen molar-refractivity contribution in [1.82, 2.24) is 5.01 Å². The Labute approximate surface area is 253 Å². The van der Waals surface area contributed by atoms with Gasteiger partial charge in [0.05, 0.1) is 19.1 Å². The number of carboxylic acids is 1. The molecule has 1 N–H and O–H groups in total. The molecule has 1 aromatic heterocycles. The van der Waals surface area contributed by atoms with Gasteiger partial charge in [-0.2, -0.15) is 0 Å². The van der Waals surface area contributed by atoms with Gasteiger partial charge in [0.1, 0.15) is 23.0 Å². The maximum atomic E-state index is 12.2. The van der Waals surface area contributed by atoms with Crippen LogP contribution in [0.15, 0.2) is 107 Å². The van der Waals surface area contributed by atoms with Gasteiger partial charge in [-0.1, -0.05) is 84.9 Å². The Morgan fingerprint density at radius 1 is 0.930 bits per heavy atom. The highest BCUT2D eigenvalue weighted by atomic mass is 16.5. The molecule has 3 aromatic carbocycles. The number of aliphatic carboxylic acids is 1. The third-order valence-electron chi connectivity index (χ3n) is 7.38. The third-order valence-corrected chi connectivity index (χ3v) is 7.38. The molecule has 1 fully saturated rings. The fraction of sp³-hybridized carbons (Fsp3) is 0.333. The van der Waals surface area contributed by atoms with Crippen molar-refractivity contribution in [3.8, 4) is 22.5 Å². The molecule has 43 heavy (non-hydrogen) atoms. The Bertz CT molecular complexity index is 1540. The van der Waals surface area contributed by atoms with Crippen LogP contribution in [0.5, 0.6) is 0 Å². The number of hydrogen-bond donors (Lipinski definition) is 1. The molecule has 0 saturated carbocycles. The van der Waals surface area contributed by atoms with Crippen LogP contribution in [-0.4, -0.2) is 46.0 Å². The Balaban J connectivity index is 1.49. The van der Waals surface area contributed by atoms with E-state index in [0.717, 1.165) is 23.1 Å². The van der Waals surface area contributed by atoms with Crippen LogP contribution in [0, 0.1) is 0 Å². The van der Waals surface area contributed by atoms with Crippen LogP contribution in [0.25, 0.3) is 22.5 Å². The molecule has 1 aliphatic rings. The second kappa shape index (κ2) is 12.5. The van der Waals surface area contributed by atoms with E-state index >= 15 is 0 Å². The van der Waals surface area contributed by atoms with Gasteiger partial charge >= 0.3 is 5.97 Å². The SMILES string of the molecule is CC(C)(C)OC(=NN1[C@@H](Cc2ccccc2)COC1(C)C)[C@@H](CC(=O)O)c1ccc(-c2ccc(-c3ccccc3)cc2)o1. The van der Waals surface area contributed by atoms with E-state index in [1.807, 2.05) is 100 Å². The summed E-state index contributed by atoms with van der Waals surface area (Å²) >= 11 is 0. The second-order valence-electron chi connectivity index (χ2n) is 12.4. The Morgan fingerprint density at radius 2 is 1.53 bits per heavy atom. The molecule has 224 valence electrons. The molecule has 0 amide bonds. The third kappa shape index (κ3) is 7.54. The summed E-state index contributed by atoms with van der Waals surface area (Å²) in [7, 11) is 0. The average molecular weight is 581 g/mol. The van der Waals surface area contributed by atoms with E-state index in [9.17, 15) is 9.90 Å². The number of carbonyl (C=O) groups is 1. The number of ether oxygens (including phenoxy) is 2. The summed E-state index contributed by atoms with van der Waals surface area (Å²) in [4.78, 5) is 12.2. The van der Waals surface area contributed by atoms with Gasteiger partial charge in [0.15, 0.2) is 5.72 Å². The zero-order chi connectivity index (χ0) is 30.6. The predicted molar refractivity (Wildman–Crippen MR) is 169 cm³/mol. The van der Waals surface area contributed by atoms with Crippen molar-refractivity contribution in [1.29, 1.82) is 0 Å². The zero-order valence-corrected chi connectivity index (χ0v) is 25.5. The van der Waals surface area contributed by atoms with Gasteiger partial charge in [-0.3, -0.25) is 9.80 Å². The highest BCUT2D eigenvalue weighted by Crippen LogP contribution is 2.35. The first-order chi connectivity index (χ1) is 20.5. The Morgan fingerprint density at radius 3 is 2.16 bits per heavy atom. The molecule has 0 bridgehead atoms. The largest absolute Gasteiger partial charge is 0.481 e. The van der Waals surface area contributed by atoms with Crippen molar-refractivity contribution in [3.63, 3.8) is 0 Å². The molecule has 0 aliphatic carbocycles. The monoisotopic (exact) mass is 580 g/mol. The smallest absolute Gasteiger partial charge is 0.304 e. The zero-order valence-electron chi connectivity index (χ0n) is 25.5. The van der Waals surface area contributed by atoms with Gasteiger partial charge in [0, 0.05) is 5.56 Å². The maximum Gasteiger partial charge on any atom is 0.304 e. The molecule has 1 aliphatic heterocycles. The number of hydrazone groups is 1. The van der Waals surface area contributed by atoms with Gasteiger partial charge in [-0.15, -0.1) is 5.10 Å². The van der Waals surface area contributed by atoms with E-state index in [1.54, 1.807) is 0 Å². The standard InChI is InChI=1S/C36H40N2O5/c1-35(2,3)43-34(37-38-29(24-41-36(38,4)5)22-25-12-8-6-9-13-25)30(23-33(39)40)32-21-20-31(42-32)28-18-16-27(17-19-28)26-14-10-7-11-15-26/h6-21,29-30H,22-24H2,1-5H3,(H,39,40)/t29-,30-/m0/s1. The molecule has 0 radical (unpaired) electrons. The highest BCUT2D eigenvalue weighted by molar-refractivity contribution is 5.87. The van der Waals surface area contributed by atoms with Crippen molar-refractivity contribution in [2.24, 2.45) is 5.10 Å². The van der Waals surface area contributed by atoms with E-state index in [-0.39, 0.29) is 18.4 Å². The second-order valence-corrected chi connectivity index (χ2v) is 12.4. The highest BCUT2D eigenvalue weighted by Gasteiger charge is 2.42. The van der Waals surface area contributed by atoms with Crippen LogP contribution >= 0.6 is 0 Å². The lowest BCUT2D eigenvalue weighted by Gasteiger charge is -2.34. The van der Waals surface area contributed by atoms with Gasteiger partial charge in [-0.25, -0.2) is 0 Å². The maximum absolute atomic E-state index is 12.2. The lowest BCUT2D eigenvalue weighted by molar-refractivity contribution is -0.137. The first kappa shape index (κ1) is 30.1. The Kier molecular flexibility index (Phi) is 8.74. The summed E-state index contributed by atoms with van der Waals surface area (Å²) in [6.45, 7) is 10.2. The number of rotatable bonds is 9. The van der Waals surface area contributed by atoms with Crippen LogP contribution in [0.1, 0.15) is 58.3 Å². The minimum atomic E-state index is -0.974. The number of nitrogens with zero attached hydrogens (tertiary/aromatic N) is 2. The molecule has 5 rings (SSSR count). The molecule has 1 saturated heterocycles. The molecular formula is C36H40N2O5.